The molecule has 1 N–H and O–H groups in total. The number of fused-ring (bicyclic) bond motifs is 3. The molecule has 1 unspecified atom stereocenters. The van der Waals surface area contributed by atoms with Crippen LogP contribution in [0.5, 0.6) is 5.75 Å². The number of hydrogen-bond acceptors (Lipinski definition) is 11. The number of likely N-dealkylation sites (tertiary alicyclic amines) is 1. The number of piperidine rings is 2. The van der Waals surface area contributed by atoms with Crippen LogP contribution in [-0.2, 0) is 16.0 Å². The number of ketones is 1. The van der Waals surface area contributed by atoms with Gasteiger partial charge in [0.1, 0.15) is 11.8 Å². The summed E-state index contributed by atoms with van der Waals surface area (Å²) in [5.41, 5.74) is 4.05. The van der Waals surface area contributed by atoms with Gasteiger partial charge in [-0.3, -0.25) is 38.9 Å². The van der Waals surface area contributed by atoms with Gasteiger partial charge >= 0.3 is 0 Å². The largest absolute Gasteiger partial charge is 0.493 e. The van der Waals surface area contributed by atoms with Crippen LogP contribution in [0.4, 0.5) is 5.69 Å². The van der Waals surface area contributed by atoms with Gasteiger partial charge in [-0.25, -0.2) is 9.50 Å². The van der Waals surface area contributed by atoms with Gasteiger partial charge in [-0.2, -0.15) is 10.2 Å². The smallest absolute Gasteiger partial charge is 0.262 e. The molecule has 57 heavy (non-hydrogen) atoms. The second-order valence-electron chi connectivity index (χ2n) is 16.1. The van der Waals surface area contributed by atoms with Crippen molar-refractivity contribution < 1.29 is 28.7 Å². The Kier molecular flexibility index (Phi) is 8.81. The van der Waals surface area contributed by atoms with E-state index in [1.54, 1.807) is 18.3 Å². The maximum atomic E-state index is 13.6. The maximum Gasteiger partial charge on any atom is 0.262 e. The number of anilines is 1. The van der Waals surface area contributed by atoms with Crippen molar-refractivity contribution in [3.05, 3.63) is 82.4 Å². The van der Waals surface area contributed by atoms with E-state index >= 15 is 0 Å². The van der Waals surface area contributed by atoms with Crippen molar-refractivity contribution in [1.82, 2.24) is 39.5 Å². The van der Waals surface area contributed by atoms with E-state index in [0.29, 0.717) is 51.6 Å². The minimum absolute atomic E-state index is 0.0899. The molecule has 0 spiro atoms. The lowest BCUT2D eigenvalue weighted by molar-refractivity contribution is -0.136. The predicted octanol–water partition coefficient (Wildman–Crippen LogP) is 4.12. The van der Waals surface area contributed by atoms with Gasteiger partial charge in [0.15, 0.2) is 11.4 Å². The number of Topliss-reactive ketones (excluding diaryl/α,β-unsaturated/α-hetero) is 1. The second kappa shape index (κ2) is 14.1. The topological polar surface area (TPSA) is 164 Å². The first-order valence-electron chi connectivity index (χ1n) is 19.6. The number of benzene rings is 2. The van der Waals surface area contributed by atoms with Crippen LogP contribution in [-0.4, -0.2) is 109 Å². The van der Waals surface area contributed by atoms with Crippen molar-refractivity contribution in [2.24, 2.45) is 11.8 Å². The number of hydrogen-bond donors (Lipinski definition) is 1. The lowest BCUT2D eigenvalue weighted by atomic mass is 9.95. The van der Waals surface area contributed by atoms with Crippen LogP contribution in [0.25, 0.3) is 16.6 Å². The van der Waals surface area contributed by atoms with E-state index in [-0.39, 0.29) is 31.1 Å². The van der Waals surface area contributed by atoms with Crippen molar-refractivity contribution in [3.8, 4) is 5.75 Å². The third kappa shape index (κ3) is 6.71. The van der Waals surface area contributed by atoms with Crippen LogP contribution < -0.4 is 15.0 Å². The predicted molar refractivity (Wildman–Crippen MR) is 208 cm³/mol. The van der Waals surface area contributed by atoms with Crippen molar-refractivity contribution >= 4 is 63.3 Å². The highest BCUT2D eigenvalue weighted by Crippen LogP contribution is 2.36. The molecular weight excluding hydrogens is 750 g/mol. The van der Waals surface area contributed by atoms with Crippen LogP contribution in [0.2, 0.25) is 5.02 Å². The highest BCUT2D eigenvalue weighted by Gasteiger charge is 2.45. The molecule has 0 radical (unpaired) electrons. The Hall–Kier alpha value is -5.67. The molecule has 3 aromatic heterocycles. The van der Waals surface area contributed by atoms with Gasteiger partial charge in [0, 0.05) is 86.6 Å². The number of ether oxygens (including phenoxy) is 1. The zero-order valence-corrected chi connectivity index (χ0v) is 31.9. The van der Waals surface area contributed by atoms with Crippen molar-refractivity contribution in [2.75, 3.05) is 44.2 Å². The van der Waals surface area contributed by atoms with Gasteiger partial charge in [0.25, 0.3) is 11.8 Å². The number of carbonyl (C=O) groups is 5. The molecule has 4 amide bonds. The maximum absolute atomic E-state index is 13.6. The van der Waals surface area contributed by atoms with Crippen LogP contribution in [0, 0.1) is 11.8 Å². The summed E-state index contributed by atoms with van der Waals surface area (Å²) in [6, 6.07) is 8.60. The fourth-order valence-corrected chi connectivity index (χ4v) is 8.81. The summed E-state index contributed by atoms with van der Waals surface area (Å²) in [5, 5.41) is 12.9. The van der Waals surface area contributed by atoms with E-state index in [2.05, 4.69) is 36.1 Å². The zero-order chi connectivity index (χ0) is 38.9. The molecule has 4 aliphatic heterocycles. The van der Waals surface area contributed by atoms with E-state index in [0.717, 1.165) is 85.5 Å². The Bertz CT molecular complexity index is 2500. The van der Waals surface area contributed by atoms with E-state index in [9.17, 15) is 24.0 Å². The average Bonchev–Trinajstić information content (AvgIpc) is 3.69. The van der Waals surface area contributed by atoms with Gasteiger partial charge in [-0.05, 0) is 62.3 Å². The molecule has 5 aliphatic rings. The fourth-order valence-electron chi connectivity index (χ4n) is 8.67. The third-order valence-electron chi connectivity index (χ3n) is 12.0. The Morgan fingerprint density at radius 3 is 2.51 bits per heavy atom. The van der Waals surface area contributed by atoms with E-state index < -0.39 is 29.7 Å². The minimum Gasteiger partial charge on any atom is -0.493 e. The van der Waals surface area contributed by atoms with Crippen LogP contribution >= 0.6 is 11.6 Å². The van der Waals surface area contributed by atoms with Gasteiger partial charge in [-0.15, -0.1) is 0 Å². The molecule has 15 nitrogen and oxygen atoms in total. The highest BCUT2D eigenvalue weighted by atomic mass is 35.5. The highest BCUT2D eigenvalue weighted by molar-refractivity contribution is 6.30. The summed E-state index contributed by atoms with van der Waals surface area (Å²) in [4.78, 5) is 74.1. The Morgan fingerprint density at radius 1 is 0.912 bits per heavy atom. The lowest BCUT2D eigenvalue weighted by Gasteiger charge is -2.44. The van der Waals surface area contributed by atoms with E-state index in [1.807, 2.05) is 18.2 Å². The van der Waals surface area contributed by atoms with Crippen LogP contribution in [0.3, 0.4) is 0 Å². The van der Waals surface area contributed by atoms with E-state index in [1.165, 1.54) is 16.9 Å². The fraction of sp³-hybridized carbons (Fsp3) is 0.415. The Morgan fingerprint density at radius 2 is 1.72 bits per heavy atom. The molecule has 0 bridgehead atoms. The van der Waals surface area contributed by atoms with Crippen molar-refractivity contribution in [3.63, 3.8) is 0 Å². The molecule has 10 rings (SSSR count). The Labute approximate surface area is 331 Å². The molecule has 292 valence electrons. The number of rotatable bonds is 11. The number of nitrogens with zero attached hydrogens (tertiary/aromatic N) is 8. The molecule has 2 aromatic carbocycles. The molecular formula is C41H40ClN9O6. The van der Waals surface area contributed by atoms with Gasteiger partial charge in [0.05, 0.1) is 52.3 Å². The normalized spacial score (nSPS) is 20.8. The number of imide groups is 2. The van der Waals surface area contributed by atoms with Gasteiger partial charge in [0.2, 0.25) is 11.8 Å². The SMILES string of the molecule is O=C1CCC(N2C(=O)c3ccc(N4CC(CN5CCC(n6cc7cc(CC(=O)c8cnn9cc(Cl)cnc89)c(OCC8CC8)cc7n6)CC5)C4)cc3C2=O)C(=O)N1. The summed E-state index contributed by atoms with van der Waals surface area (Å²) < 4.78 is 9.90. The van der Waals surface area contributed by atoms with Gasteiger partial charge in [-0.1, -0.05) is 11.6 Å². The molecule has 7 heterocycles. The van der Waals surface area contributed by atoms with Crippen molar-refractivity contribution in [1.29, 1.82) is 0 Å². The quantitative estimate of drug-likeness (QED) is 0.151. The number of amides is 4. The summed E-state index contributed by atoms with van der Waals surface area (Å²) in [6.45, 7) is 5.21. The zero-order valence-electron chi connectivity index (χ0n) is 31.1. The molecule has 5 aromatic rings. The van der Waals surface area contributed by atoms with E-state index in [4.69, 9.17) is 21.4 Å². The van der Waals surface area contributed by atoms with Crippen LogP contribution in [0.15, 0.2) is 55.1 Å². The number of nitrogens with one attached hydrogen (secondary N) is 1. The standard InChI is InChI=1S/C41H40ClN9O6/c42-27-15-43-38-32(16-44-50(38)21-27)35(52)12-25-11-26-20-49(46-33(26)14-36(25)57-22-23-1-2-23)28-7-9-47(10-8-28)17-24-18-48(19-24)29-3-4-30-31(13-29)41(56)51(40(30)55)34-5-6-37(53)45-39(34)54/h3-4,11,13-16,20-21,23-24,28,34H,1-2,5-10,12,17-19,22H2,(H,45,53,54). The molecule has 1 aliphatic carbocycles. The second-order valence-corrected chi connectivity index (χ2v) is 16.5. The molecule has 1 atom stereocenters. The first-order chi connectivity index (χ1) is 27.6. The lowest BCUT2D eigenvalue weighted by Crippen LogP contribution is -2.54. The summed E-state index contributed by atoms with van der Waals surface area (Å²) in [6.07, 6.45) is 11.4. The summed E-state index contributed by atoms with van der Waals surface area (Å²) >= 11 is 6.07. The summed E-state index contributed by atoms with van der Waals surface area (Å²) in [5.74, 6) is -0.353. The first-order valence-corrected chi connectivity index (χ1v) is 20.0. The third-order valence-corrected chi connectivity index (χ3v) is 12.2. The molecule has 1 saturated carbocycles. The molecule has 16 heteroatoms. The van der Waals surface area contributed by atoms with Crippen LogP contribution in [0.1, 0.15) is 81.2 Å². The average molecular weight is 790 g/mol. The van der Waals surface area contributed by atoms with Crippen molar-refractivity contribution in [2.45, 2.75) is 57.0 Å². The molecule has 4 fully saturated rings. The molecule has 3 saturated heterocycles. The first kappa shape index (κ1) is 35.7. The number of carbonyl (C=O) groups excluding carboxylic acids is 5. The Balaban J connectivity index is 0.758. The number of halogens is 1. The summed E-state index contributed by atoms with van der Waals surface area (Å²) in [7, 11) is 0. The van der Waals surface area contributed by atoms with Gasteiger partial charge < -0.3 is 14.5 Å². The monoisotopic (exact) mass is 789 g/mol. The minimum atomic E-state index is -0.975. The number of aromatic nitrogens is 5.